The van der Waals surface area contributed by atoms with Crippen LogP contribution < -0.4 is 15.5 Å². The zero-order valence-electron chi connectivity index (χ0n) is 13.8. The summed E-state index contributed by atoms with van der Waals surface area (Å²) >= 11 is 0. The Hall–Kier alpha value is -2.77. The molecule has 0 unspecified atom stereocenters. The molecule has 0 saturated carbocycles. The van der Waals surface area contributed by atoms with Crippen molar-refractivity contribution in [2.45, 2.75) is 24.7 Å². The monoisotopic (exact) mass is 362 g/mol. The molecule has 26 heavy (non-hydrogen) atoms. The van der Waals surface area contributed by atoms with Crippen molar-refractivity contribution in [1.82, 2.24) is 4.98 Å². The molecule has 0 aliphatic carbocycles. The summed E-state index contributed by atoms with van der Waals surface area (Å²) in [7, 11) is 0. The number of piperazine rings is 1. The van der Waals surface area contributed by atoms with Gasteiger partial charge in [-0.25, -0.2) is 4.98 Å². The number of primary amides is 1. The van der Waals surface area contributed by atoms with E-state index in [1.165, 1.54) is 6.20 Å². The minimum atomic E-state index is -4.37. The van der Waals surface area contributed by atoms with E-state index in [1.807, 2.05) is 17.0 Å². The molecule has 136 valence electrons. The Kier molecular flexibility index (Phi) is 3.78. The highest BCUT2D eigenvalue weighted by Crippen LogP contribution is 2.38. The summed E-state index contributed by atoms with van der Waals surface area (Å²) in [5.41, 5.74) is 6.02. The average Bonchev–Trinajstić information content (AvgIpc) is 3.22. The van der Waals surface area contributed by atoms with Crippen molar-refractivity contribution in [3.05, 3.63) is 53.7 Å². The molecule has 2 N–H and O–H groups in total. The van der Waals surface area contributed by atoms with Gasteiger partial charge in [-0.3, -0.25) is 4.79 Å². The standard InChI is InChI=1S/C18H17F3N4O/c19-18(20,21)12-5-6-23-16(7-12)25-10-14-8-15(25)9-24(14)13-3-1-11(2-4-13)17(22)26/h1-7,14-15H,8-10H2,(H2,22,26)/t14-,15-/m1/s1. The minimum Gasteiger partial charge on any atom is -0.366 e. The van der Waals surface area contributed by atoms with Crippen molar-refractivity contribution in [3.63, 3.8) is 0 Å². The fraction of sp³-hybridized carbons (Fsp3) is 0.333. The van der Waals surface area contributed by atoms with Gasteiger partial charge in [0.05, 0.1) is 11.6 Å². The summed E-state index contributed by atoms with van der Waals surface area (Å²) in [6.45, 7) is 1.33. The SMILES string of the molecule is NC(=O)c1ccc(N2C[C@H]3C[C@@H]2CN3c2cc(C(F)(F)F)ccn2)cc1. The van der Waals surface area contributed by atoms with E-state index in [1.54, 1.807) is 12.1 Å². The molecule has 3 heterocycles. The molecule has 2 aromatic rings. The molecule has 2 aliphatic rings. The lowest BCUT2D eigenvalue weighted by atomic mass is 10.1. The second-order valence-corrected chi connectivity index (χ2v) is 6.66. The molecule has 0 spiro atoms. The van der Waals surface area contributed by atoms with Gasteiger partial charge in [0.15, 0.2) is 0 Å². The third-order valence-corrected chi connectivity index (χ3v) is 5.09. The number of hydrogen-bond acceptors (Lipinski definition) is 4. The van der Waals surface area contributed by atoms with E-state index >= 15 is 0 Å². The molecule has 2 saturated heterocycles. The van der Waals surface area contributed by atoms with Crippen LogP contribution in [0.25, 0.3) is 0 Å². The van der Waals surface area contributed by atoms with Crippen LogP contribution in [0.1, 0.15) is 22.3 Å². The van der Waals surface area contributed by atoms with E-state index in [-0.39, 0.29) is 12.1 Å². The van der Waals surface area contributed by atoms with E-state index in [9.17, 15) is 18.0 Å². The number of pyridine rings is 1. The van der Waals surface area contributed by atoms with Gasteiger partial charge in [0.2, 0.25) is 5.91 Å². The van der Waals surface area contributed by atoms with E-state index in [2.05, 4.69) is 9.88 Å². The molecule has 1 amide bonds. The van der Waals surface area contributed by atoms with Crippen LogP contribution in [-0.2, 0) is 6.18 Å². The number of rotatable bonds is 3. The first-order valence-electron chi connectivity index (χ1n) is 8.29. The van der Waals surface area contributed by atoms with Gasteiger partial charge in [-0.1, -0.05) is 0 Å². The molecule has 8 heteroatoms. The maximum Gasteiger partial charge on any atom is 0.416 e. The van der Waals surface area contributed by atoms with E-state index in [4.69, 9.17) is 5.73 Å². The number of amides is 1. The van der Waals surface area contributed by atoms with Gasteiger partial charge in [0, 0.05) is 36.6 Å². The van der Waals surface area contributed by atoms with Gasteiger partial charge in [-0.15, -0.1) is 0 Å². The van der Waals surface area contributed by atoms with E-state index < -0.39 is 17.6 Å². The van der Waals surface area contributed by atoms with Gasteiger partial charge in [-0.2, -0.15) is 13.2 Å². The summed E-state index contributed by atoms with van der Waals surface area (Å²) in [5.74, 6) is -0.0997. The molecule has 0 radical (unpaired) electrons. The zero-order chi connectivity index (χ0) is 18.5. The van der Waals surface area contributed by atoms with Gasteiger partial charge < -0.3 is 15.5 Å². The Bertz CT molecular complexity index is 837. The highest BCUT2D eigenvalue weighted by atomic mass is 19.4. The summed E-state index contributed by atoms with van der Waals surface area (Å²) in [6.07, 6.45) is -2.29. The van der Waals surface area contributed by atoms with Crippen molar-refractivity contribution in [2.75, 3.05) is 22.9 Å². The van der Waals surface area contributed by atoms with Crippen LogP contribution in [0.2, 0.25) is 0 Å². The summed E-state index contributed by atoms with van der Waals surface area (Å²) in [4.78, 5) is 19.5. The number of carbonyl (C=O) groups excluding carboxylic acids is 1. The first-order valence-corrected chi connectivity index (χ1v) is 8.29. The smallest absolute Gasteiger partial charge is 0.366 e. The van der Waals surface area contributed by atoms with Crippen molar-refractivity contribution in [1.29, 1.82) is 0 Å². The van der Waals surface area contributed by atoms with Crippen molar-refractivity contribution in [3.8, 4) is 0 Å². The maximum atomic E-state index is 12.9. The summed E-state index contributed by atoms with van der Waals surface area (Å²) < 4.78 is 38.8. The molecule has 1 aromatic heterocycles. The first-order chi connectivity index (χ1) is 12.3. The van der Waals surface area contributed by atoms with Gasteiger partial charge in [-0.05, 0) is 42.8 Å². The number of alkyl halides is 3. The van der Waals surface area contributed by atoms with Crippen molar-refractivity contribution < 1.29 is 18.0 Å². The molecule has 2 atom stereocenters. The molecule has 2 bridgehead atoms. The quantitative estimate of drug-likeness (QED) is 0.912. The summed E-state index contributed by atoms with van der Waals surface area (Å²) in [5, 5.41) is 0. The number of hydrogen-bond donors (Lipinski definition) is 1. The summed E-state index contributed by atoms with van der Waals surface area (Å²) in [6, 6.07) is 9.52. The Balaban J connectivity index is 1.51. The van der Waals surface area contributed by atoms with Crippen LogP contribution >= 0.6 is 0 Å². The lowest BCUT2D eigenvalue weighted by Gasteiger charge is -2.36. The molecule has 2 aliphatic heterocycles. The first kappa shape index (κ1) is 16.7. The fourth-order valence-corrected chi connectivity index (χ4v) is 3.83. The van der Waals surface area contributed by atoms with Gasteiger partial charge in [0.1, 0.15) is 5.82 Å². The number of anilines is 2. The molecular weight excluding hydrogens is 345 g/mol. The van der Waals surface area contributed by atoms with Gasteiger partial charge >= 0.3 is 6.18 Å². The lowest BCUT2D eigenvalue weighted by Crippen LogP contribution is -2.47. The average molecular weight is 362 g/mol. The number of carbonyl (C=O) groups is 1. The molecule has 1 aromatic carbocycles. The lowest BCUT2D eigenvalue weighted by molar-refractivity contribution is -0.137. The van der Waals surface area contributed by atoms with Gasteiger partial charge in [0.25, 0.3) is 0 Å². The van der Waals surface area contributed by atoms with E-state index in [0.29, 0.717) is 24.5 Å². The molecule has 2 fully saturated rings. The highest BCUT2D eigenvalue weighted by molar-refractivity contribution is 5.93. The third-order valence-electron chi connectivity index (χ3n) is 5.09. The predicted octanol–water partition coefficient (Wildman–Crippen LogP) is 2.67. The Morgan fingerprint density at radius 1 is 1.08 bits per heavy atom. The minimum absolute atomic E-state index is 0.117. The Morgan fingerprint density at radius 3 is 2.31 bits per heavy atom. The second-order valence-electron chi connectivity index (χ2n) is 6.66. The topological polar surface area (TPSA) is 62.5 Å². The maximum absolute atomic E-state index is 12.9. The number of fused-ring (bicyclic) bond motifs is 2. The zero-order valence-corrected chi connectivity index (χ0v) is 13.8. The van der Waals surface area contributed by atoms with Crippen molar-refractivity contribution in [2.24, 2.45) is 5.73 Å². The normalized spacial score (nSPS) is 22.1. The van der Waals surface area contributed by atoms with Crippen LogP contribution in [0, 0.1) is 0 Å². The van der Waals surface area contributed by atoms with Crippen LogP contribution in [0.3, 0.4) is 0 Å². The van der Waals surface area contributed by atoms with Crippen LogP contribution in [0.5, 0.6) is 0 Å². The van der Waals surface area contributed by atoms with Crippen LogP contribution in [-0.4, -0.2) is 36.1 Å². The molecule has 5 nitrogen and oxygen atoms in total. The fourth-order valence-electron chi connectivity index (χ4n) is 3.83. The van der Waals surface area contributed by atoms with E-state index in [0.717, 1.165) is 24.2 Å². The number of nitrogens with two attached hydrogens (primary N) is 1. The molecule has 4 rings (SSSR count). The Labute approximate surface area is 148 Å². The van der Waals surface area contributed by atoms with Crippen LogP contribution in [0.4, 0.5) is 24.7 Å². The number of nitrogens with zero attached hydrogens (tertiary/aromatic N) is 3. The largest absolute Gasteiger partial charge is 0.416 e. The molecular formula is C18H17F3N4O. The predicted molar refractivity (Wildman–Crippen MR) is 91.1 cm³/mol. The second kappa shape index (κ2) is 5.89. The Morgan fingerprint density at radius 2 is 1.73 bits per heavy atom. The third kappa shape index (κ3) is 2.85. The highest BCUT2D eigenvalue weighted by Gasteiger charge is 2.44. The number of benzene rings is 1. The van der Waals surface area contributed by atoms with Crippen LogP contribution in [0.15, 0.2) is 42.6 Å². The van der Waals surface area contributed by atoms with Crippen molar-refractivity contribution >= 4 is 17.4 Å². The number of aromatic nitrogens is 1. The number of halogens is 3.